The second-order valence-electron chi connectivity index (χ2n) is 7.12. The first kappa shape index (κ1) is 21.4. The quantitative estimate of drug-likeness (QED) is 0.430. The van der Waals surface area contributed by atoms with Gasteiger partial charge in [-0.2, -0.15) is 0 Å². The van der Waals surface area contributed by atoms with Crippen LogP contribution in [0.4, 0.5) is 5.69 Å². The monoisotopic (exact) mass is 425 g/mol. The minimum atomic E-state index is -1.16. The third kappa shape index (κ3) is 5.39. The molecule has 6 nitrogen and oxygen atoms in total. The highest BCUT2D eigenvalue weighted by atomic mass is 32.1. The Kier molecular flexibility index (Phi) is 6.74. The molecule has 0 fully saturated rings. The number of hydrogen-bond donors (Lipinski definition) is 3. The van der Waals surface area contributed by atoms with Crippen molar-refractivity contribution < 1.29 is 24.5 Å². The summed E-state index contributed by atoms with van der Waals surface area (Å²) in [5.41, 5.74) is 4.19. The predicted molar refractivity (Wildman–Crippen MR) is 118 cm³/mol. The number of carboxylic acid groups (broad SMARTS) is 2. The highest BCUT2D eigenvalue weighted by molar-refractivity contribution is 7.17. The van der Waals surface area contributed by atoms with E-state index in [2.05, 4.69) is 43.4 Å². The van der Waals surface area contributed by atoms with E-state index in [1.54, 1.807) is 6.07 Å². The van der Waals surface area contributed by atoms with Crippen LogP contribution < -0.4 is 10.1 Å². The van der Waals surface area contributed by atoms with Crippen molar-refractivity contribution >= 4 is 29.0 Å². The van der Waals surface area contributed by atoms with Gasteiger partial charge >= 0.3 is 11.9 Å². The second kappa shape index (κ2) is 9.45. The Morgan fingerprint density at radius 3 is 2.43 bits per heavy atom. The molecule has 3 rings (SSSR count). The molecule has 0 amide bonds. The number of ether oxygens (including phenoxy) is 1. The molecule has 0 atom stereocenters. The van der Waals surface area contributed by atoms with Crippen LogP contribution in [0.25, 0.3) is 10.4 Å². The van der Waals surface area contributed by atoms with Crippen LogP contribution in [0.15, 0.2) is 54.6 Å². The molecule has 2 aromatic carbocycles. The third-order valence-electron chi connectivity index (χ3n) is 4.53. The Morgan fingerprint density at radius 2 is 1.80 bits per heavy atom. The van der Waals surface area contributed by atoms with Crippen LogP contribution in [0.3, 0.4) is 0 Å². The molecule has 0 unspecified atom stereocenters. The van der Waals surface area contributed by atoms with Crippen LogP contribution in [0.1, 0.15) is 40.6 Å². The van der Waals surface area contributed by atoms with Crippen molar-refractivity contribution in [1.82, 2.24) is 0 Å². The Hall–Kier alpha value is -3.32. The summed E-state index contributed by atoms with van der Waals surface area (Å²) in [7, 11) is 0. The normalized spacial score (nSPS) is 10.8. The van der Waals surface area contributed by atoms with Gasteiger partial charge < -0.3 is 20.3 Å². The van der Waals surface area contributed by atoms with E-state index in [4.69, 9.17) is 9.84 Å². The number of anilines is 1. The van der Waals surface area contributed by atoms with E-state index in [-0.39, 0.29) is 10.6 Å². The highest BCUT2D eigenvalue weighted by Gasteiger charge is 2.18. The lowest BCUT2D eigenvalue weighted by Crippen LogP contribution is -2.10. The Morgan fingerprint density at radius 1 is 1.07 bits per heavy atom. The van der Waals surface area contributed by atoms with Gasteiger partial charge in [-0.3, -0.25) is 0 Å². The molecule has 7 heteroatoms. The molecule has 0 aliphatic rings. The number of aliphatic carboxylic acids is 1. The molecule has 0 aliphatic heterocycles. The molecule has 0 spiro atoms. The molecule has 156 valence electrons. The molecule has 30 heavy (non-hydrogen) atoms. The van der Waals surface area contributed by atoms with Crippen molar-refractivity contribution in [3.63, 3.8) is 0 Å². The summed E-state index contributed by atoms with van der Waals surface area (Å²) in [5, 5.41) is 21.5. The third-order valence-corrected chi connectivity index (χ3v) is 5.69. The summed E-state index contributed by atoms with van der Waals surface area (Å²) in [6.07, 6.45) is 0. The molecular formula is C23H23NO5S. The van der Waals surface area contributed by atoms with Crippen molar-refractivity contribution in [2.24, 2.45) is 0 Å². The maximum atomic E-state index is 11.5. The number of nitrogens with one attached hydrogen (secondary N) is 1. The van der Waals surface area contributed by atoms with Crippen molar-refractivity contribution in [2.45, 2.75) is 26.3 Å². The fourth-order valence-electron chi connectivity index (χ4n) is 2.92. The van der Waals surface area contributed by atoms with Crippen LogP contribution in [0.2, 0.25) is 0 Å². The fraction of sp³-hybridized carbons (Fsp3) is 0.217. The van der Waals surface area contributed by atoms with Crippen molar-refractivity contribution in [3.05, 3.63) is 70.6 Å². The van der Waals surface area contributed by atoms with Crippen LogP contribution in [0, 0.1) is 0 Å². The minimum Gasteiger partial charge on any atom is -0.480 e. The van der Waals surface area contributed by atoms with E-state index in [0.29, 0.717) is 17.3 Å². The van der Waals surface area contributed by atoms with E-state index < -0.39 is 18.5 Å². The lowest BCUT2D eigenvalue weighted by Gasteiger charge is -2.10. The number of rotatable bonds is 9. The first-order valence-corrected chi connectivity index (χ1v) is 10.3. The SMILES string of the molecule is CC(C)c1ccc(CNc2cccc(-c3cc(OCC(=O)O)c(C(=O)O)s3)c2)cc1. The van der Waals surface area contributed by atoms with Gasteiger partial charge in [0, 0.05) is 17.1 Å². The van der Waals surface area contributed by atoms with Gasteiger partial charge in [0.2, 0.25) is 0 Å². The number of carbonyl (C=O) groups is 2. The van der Waals surface area contributed by atoms with Gasteiger partial charge in [0.15, 0.2) is 11.5 Å². The zero-order chi connectivity index (χ0) is 21.7. The lowest BCUT2D eigenvalue weighted by atomic mass is 10.0. The highest BCUT2D eigenvalue weighted by Crippen LogP contribution is 2.37. The molecule has 0 aliphatic carbocycles. The molecule has 1 heterocycles. The number of carboxylic acids is 2. The number of thiophene rings is 1. The standard InChI is InChI=1S/C23H23NO5S/c1-14(2)16-8-6-15(7-9-16)12-24-18-5-3-4-17(10-18)20-11-19(29-13-21(25)26)22(30-20)23(27)28/h3-11,14,24H,12-13H2,1-2H3,(H,25,26)(H,27,28). The summed E-state index contributed by atoms with van der Waals surface area (Å²) in [6, 6.07) is 17.7. The smallest absolute Gasteiger partial charge is 0.349 e. The molecule has 1 aromatic heterocycles. The van der Waals surface area contributed by atoms with E-state index in [9.17, 15) is 14.7 Å². The van der Waals surface area contributed by atoms with Gasteiger partial charge in [0.25, 0.3) is 0 Å². The van der Waals surface area contributed by atoms with Crippen LogP contribution in [-0.2, 0) is 11.3 Å². The van der Waals surface area contributed by atoms with Gasteiger partial charge in [0.05, 0.1) is 0 Å². The van der Waals surface area contributed by atoms with Gasteiger partial charge in [-0.25, -0.2) is 9.59 Å². The molecule has 0 saturated carbocycles. The minimum absolute atomic E-state index is 0.0187. The largest absolute Gasteiger partial charge is 0.480 e. The zero-order valence-corrected chi connectivity index (χ0v) is 17.5. The predicted octanol–water partition coefficient (Wildman–Crippen LogP) is 5.31. The zero-order valence-electron chi connectivity index (χ0n) is 16.7. The van der Waals surface area contributed by atoms with E-state index in [1.807, 2.05) is 24.3 Å². The van der Waals surface area contributed by atoms with Gasteiger partial charge in [-0.15, -0.1) is 11.3 Å². The number of aromatic carboxylic acids is 1. The average molecular weight is 426 g/mol. The molecule has 0 bridgehead atoms. The van der Waals surface area contributed by atoms with Crippen LogP contribution in [0.5, 0.6) is 5.75 Å². The first-order valence-electron chi connectivity index (χ1n) is 9.48. The lowest BCUT2D eigenvalue weighted by molar-refractivity contribution is -0.139. The van der Waals surface area contributed by atoms with Crippen LogP contribution in [-0.4, -0.2) is 28.8 Å². The molecular weight excluding hydrogens is 402 g/mol. The van der Waals surface area contributed by atoms with Gasteiger partial charge in [0.1, 0.15) is 5.75 Å². The van der Waals surface area contributed by atoms with E-state index in [1.165, 1.54) is 11.1 Å². The molecule has 3 aromatic rings. The summed E-state index contributed by atoms with van der Waals surface area (Å²) in [5.74, 6) is -1.75. The number of hydrogen-bond acceptors (Lipinski definition) is 5. The summed E-state index contributed by atoms with van der Waals surface area (Å²) < 4.78 is 5.14. The van der Waals surface area contributed by atoms with Gasteiger partial charge in [-0.1, -0.05) is 50.2 Å². The molecule has 0 saturated heterocycles. The van der Waals surface area contributed by atoms with Crippen molar-refractivity contribution in [3.8, 4) is 16.2 Å². The van der Waals surface area contributed by atoms with Crippen molar-refractivity contribution in [2.75, 3.05) is 11.9 Å². The Labute approximate surface area is 178 Å². The van der Waals surface area contributed by atoms with Crippen LogP contribution >= 0.6 is 11.3 Å². The molecule has 3 N–H and O–H groups in total. The van der Waals surface area contributed by atoms with Crippen molar-refractivity contribution in [1.29, 1.82) is 0 Å². The van der Waals surface area contributed by atoms with Gasteiger partial charge in [-0.05, 0) is 40.8 Å². The number of benzene rings is 2. The first-order chi connectivity index (χ1) is 14.3. The Balaban J connectivity index is 1.75. The summed E-state index contributed by atoms with van der Waals surface area (Å²) >= 11 is 1.05. The topological polar surface area (TPSA) is 95.9 Å². The van der Waals surface area contributed by atoms with E-state index >= 15 is 0 Å². The van der Waals surface area contributed by atoms with E-state index in [0.717, 1.165) is 22.6 Å². The summed E-state index contributed by atoms with van der Waals surface area (Å²) in [4.78, 5) is 22.9. The second-order valence-corrected chi connectivity index (χ2v) is 8.17. The maximum absolute atomic E-state index is 11.5. The molecule has 0 radical (unpaired) electrons. The average Bonchev–Trinajstić information content (AvgIpc) is 3.16. The maximum Gasteiger partial charge on any atom is 0.349 e. The Bertz CT molecular complexity index is 1040. The summed E-state index contributed by atoms with van der Waals surface area (Å²) in [6.45, 7) is 4.40. The fourth-order valence-corrected chi connectivity index (χ4v) is 3.86.